The third kappa shape index (κ3) is 23.1. The minimum absolute atomic E-state index is 0. The predicted octanol–water partition coefficient (Wildman–Crippen LogP) is 2.65. The Balaban J connectivity index is -0.00000420. The highest BCUT2D eigenvalue weighted by molar-refractivity contribution is 5.76. The van der Waals surface area contributed by atoms with Crippen molar-refractivity contribution >= 4 is 11.8 Å². The fourth-order valence-electron chi connectivity index (χ4n) is 2.45. The van der Waals surface area contributed by atoms with E-state index < -0.39 is 0 Å². The molecular weight excluding hydrogens is 388 g/mol. The van der Waals surface area contributed by atoms with Crippen molar-refractivity contribution in [3.63, 3.8) is 0 Å². The molecule has 0 spiro atoms. The maximum atomic E-state index is 11.5. The van der Waals surface area contributed by atoms with Crippen molar-refractivity contribution in [3.05, 3.63) is 0 Å². The lowest BCUT2D eigenvalue weighted by molar-refractivity contribution is -0.122. The van der Waals surface area contributed by atoms with Crippen LogP contribution in [-0.2, 0) is 28.5 Å². The summed E-state index contributed by atoms with van der Waals surface area (Å²) in [4.78, 5) is 22.9. The predicted molar refractivity (Wildman–Crippen MR) is 122 cm³/mol. The van der Waals surface area contributed by atoms with Gasteiger partial charge >= 0.3 is 0 Å². The molecule has 8 nitrogen and oxygen atoms in total. The summed E-state index contributed by atoms with van der Waals surface area (Å²) in [5, 5.41) is 5.76. The van der Waals surface area contributed by atoms with Crippen molar-refractivity contribution in [2.24, 2.45) is 11.8 Å². The molecule has 0 saturated heterocycles. The van der Waals surface area contributed by atoms with Crippen LogP contribution in [0.2, 0.25) is 0 Å². The van der Waals surface area contributed by atoms with Gasteiger partial charge in [0, 0.05) is 42.0 Å². The molecule has 0 bridgehead atoms. The van der Waals surface area contributed by atoms with Gasteiger partial charge in [-0.05, 0) is 24.7 Å². The van der Waals surface area contributed by atoms with Crippen LogP contribution in [-0.4, -0.2) is 77.8 Å². The van der Waals surface area contributed by atoms with Crippen molar-refractivity contribution in [3.8, 4) is 0 Å². The molecule has 0 aliphatic heterocycles. The molecular formula is C22H48N2O6. The number of nitrogens with one attached hydrogen (secondary N) is 2. The Kier molecular flexibility index (Phi) is 20.2. The van der Waals surface area contributed by atoms with Crippen molar-refractivity contribution in [2.45, 2.75) is 53.4 Å². The monoisotopic (exact) mass is 436 g/mol. The smallest absolute Gasteiger partial charge is 0.220 e. The lowest BCUT2D eigenvalue weighted by Gasteiger charge is -2.09. The van der Waals surface area contributed by atoms with Crippen LogP contribution < -0.4 is 10.6 Å². The van der Waals surface area contributed by atoms with Crippen LogP contribution in [0.25, 0.3) is 0 Å². The number of amides is 2. The molecule has 8 heteroatoms. The fourth-order valence-corrected chi connectivity index (χ4v) is 2.45. The van der Waals surface area contributed by atoms with Crippen molar-refractivity contribution in [2.75, 3.05) is 65.9 Å². The molecule has 2 N–H and O–H groups in total. The molecule has 0 atom stereocenters. The first-order valence-corrected chi connectivity index (χ1v) is 11.3. The molecule has 0 rings (SSSR count). The van der Waals surface area contributed by atoms with E-state index >= 15 is 0 Å². The van der Waals surface area contributed by atoms with E-state index in [4.69, 9.17) is 18.9 Å². The topological polar surface area (TPSA) is 95.1 Å². The molecule has 2 amide bonds. The Bertz CT molecular complexity index is 391. The molecule has 0 aliphatic carbocycles. The van der Waals surface area contributed by atoms with E-state index in [0.717, 1.165) is 12.8 Å². The van der Waals surface area contributed by atoms with Crippen molar-refractivity contribution in [1.29, 1.82) is 0 Å². The van der Waals surface area contributed by atoms with Gasteiger partial charge in [0.25, 0.3) is 0 Å². The molecule has 182 valence electrons. The van der Waals surface area contributed by atoms with E-state index in [1.54, 1.807) is 0 Å². The zero-order valence-electron chi connectivity index (χ0n) is 19.5. The Labute approximate surface area is 185 Å². The van der Waals surface area contributed by atoms with Gasteiger partial charge in [0.05, 0.1) is 39.6 Å². The average Bonchev–Trinajstić information content (AvgIpc) is 2.65. The van der Waals surface area contributed by atoms with Crippen molar-refractivity contribution < 1.29 is 31.4 Å². The van der Waals surface area contributed by atoms with Crippen LogP contribution in [0.15, 0.2) is 0 Å². The molecule has 0 unspecified atom stereocenters. The second kappa shape index (κ2) is 21.0. The Morgan fingerprint density at radius 1 is 0.600 bits per heavy atom. The van der Waals surface area contributed by atoms with Crippen LogP contribution >= 0.6 is 0 Å². The largest absolute Gasteiger partial charge is 0.379 e. The highest BCUT2D eigenvalue weighted by Gasteiger charge is 2.04. The molecule has 0 aromatic rings. The first kappa shape index (κ1) is 28.8. The number of hydrogen-bond acceptors (Lipinski definition) is 6. The number of ether oxygens (including phenoxy) is 4. The summed E-state index contributed by atoms with van der Waals surface area (Å²) in [6.07, 6.45) is 2.75. The average molecular weight is 437 g/mol. The van der Waals surface area contributed by atoms with E-state index in [1.807, 2.05) is 27.7 Å². The van der Waals surface area contributed by atoms with Gasteiger partial charge in [-0.1, -0.05) is 27.7 Å². The third-order valence-corrected chi connectivity index (χ3v) is 3.88. The minimum atomic E-state index is 0. The molecule has 0 aromatic carbocycles. The van der Waals surface area contributed by atoms with Gasteiger partial charge in [-0.25, -0.2) is 0 Å². The van der Waals surface area contributed by atoms with Crippen LogP contribution in [0, 0.1) is 11.8 Å². The van der Waals surface area contributed by atoms with Crippen molar-refractivity contribution in [1.82, 2.24) is 10.6 Å². The molecule has 0 aliphatic rings. The Morgan fingerprint density at radius 3 is 1.20 bits per heavy atom. The number of carbonyl (C=O) groups is 2. The third-order valence-electron chi connectivity index (χ3n) is 3.88. The maximum absolute atomic E-state index is 11.5. The quantitative estimate of drug-likeness (QED) is 0.269. The van der Waals surface area contributed by atoms with E-state index in [2.05, 4.69) is 10.6 Å². The zero-order chi connectivity index (χ0) is 22.5. The lowest BCUT2D eigenvalue weighted by atomic mass is 10.1. The van der Waals surface area contributed by atoms with Gasteiger partial charge in [0.15, 0.2) is 0 Å². The maximum Gasteiger partial charge on any atom is 0.220 e. The fraction of sp³-hybridized carbons (Fsp3) is 0.909. The first-order valence-electron chi connectivity index (χ1n) is 11.3. The molecule has 0 heterocycles. The van der Waals surface area contributed by atoms with Crippen LogP contribution in [0.5, 0.6) is 0 Å². The van der Waals surface area contributed by atoms with Crippen LogP contribution in [0.1, 0.15) is 56.2 Å². The van der Waals surface area contributed by atoms with Crippen LogP contribution in [0.4, 0.5) is 0 Å². The molecule has 0 fully saturated rings. The number of rotatable bonds is 21. The zero-order valence-corrected chi connectivity index (χ0v) is 19.5. The van der Waals surface area contributed by atoms with Gasteiger partial charge in [0.1, 0.15) is 0 Å². The lowest BCUT2D eigenvalue weighted by Crippen LogP contribution is -2.26. The Hall–Kier alpha value is -1.22. The first-order chi connectivity index (χ1) is 14.4. The van der Waals surface area contributed by atoms with Gasteiger partial charge in [-0.3, -0.25) is 9.59 Å². The highest BCUT2D eigenvalue weighted by atomic mass is 16.6. The SMILES string of the molecule is CC(C)CC(=O)NCCCOCCOCCOCCOCCCNC(=O)CC(C)C.[HH].[HH]. The van der Waals surface area contributed by atoms with Crippen LogP contribution in [0.3, 0.4) is 0 Å². The molecule has 0 aromatic heterocycles. The normalized spacial score (nSPS) is 11.3. The summed E-state index contributed by atoms with van der Waals surface area (Å²) >= 11 is 0. The summed E-state index contributed by atoms with van der Waals surface area (Å²) in [5.74, 6) is 0.971. The molecule has 0 saturated carbocycles. The molecule has 0 radical (unpaired) electrons. The Morgan fingerprint density at radius 2 is 0.900 bits per heavy atom. The summed E-state index contributed by atoms with van der Waals surface area (Å²) < 4.78 is 21.8. The van der Waals surface area contributed by atoms with E-state index in [9.17, 15) is 9.59 Å². The summed E-state index contributed by atoms with van der Waals surface area (Å²) in [6, 6.07) is 0. The van der Waals surface area contributed by atoms with E-state index in [1.165, 1.54) is 0 Å². The standard InChI is InChI=1S/C22H44N2O6.2H2/c1-19(2)17-21(25)23-7-5-9-27-11-13-29-15-16-30-14-12-28-10-6-8-24-22(26)18-20(3)4;;/h19-20H,5-18H2,1-4H3,(H,23,25)(H,24,26);2*1H. The summed E-state index contributed by atoms with van der Waals surface area (Å²) in [5.41, 5.74) is 0. The van der Waals surface area contributed by atoms with Gasteiger partial charge in [-0.2, -0.15) is 0 Å². The second-order valence-electron chi connectivity index (χ2n) is 8.05. The van der Waals surface area contributed by atoms with E-state index in [0.29, 0.717) is 90.6 Å². The summed E-state index contributed by atoms with van der Waals surface area (Å²) in [7, 11) is 0. The number of hydrogen-bond donors (Lipinski definition) is 2. The van der Waals surface area contributed by atoms with Gasteiger partial charge in [0.2, 0.25) is 11.8 Å². The minimum Gasteiger partial charge on any atom is -0.379 e. The highest BCUT2D eigenvalue weighted by Crippen LogP contribution is 1.98. The van der Waals surface area contributed by atoms with E-state index in [-0.39, 0.29) is 14.7 Å². The van der Waals surface area contributed by atoms with Gasteiger partial charge < -0.3 is 29.6 Å². The summed E-state index contributed by atoms with van der Waals surface area (Å²) in [6.45, 7) is 13.8. The number of carbonyl (C=O) groups excluding carboxylic acids is 2. The van der Waals surface area contributed by atoms with Gasteiger partial charge in [-0.15, -0.1) is 0 Å². The second-order valence-corrected chi connectivity index (χ2v) is 8.05. The molecule has 30 heavy (non-hydrogen) atoms.